The van der Waals surface area contributed by atoms with Crippen LogP contribution in [-0.2, 0) is 11.2 Å². The average molecular weight is 378 g/mol. The number of methoxy groups -OCH3 is 2. The molecule has 0 atom stereocenters. The molecule has 1 heterocycles. The molecule has 0 saturated carbocycles. The van der Waals surface area contributed by atoms with Crippen molar-refractivity contribution in [3.8, 4) is 11.5 Å². The minimum Gasteiger partial charge on any atom is -0.497 e. The predicted molar refractivity (Wildman–Crippen MR) is 112 cm³/mol. The van der Waals surface area contributed by atoms with E-state index < -0.39 is 0 Å². The smallest absolute Gasteiger partial charge is 0.275 e. The van der Waals surface area contributed by atoms with Crippen LogP contribution in [0, 0.1) is 0 Å². The summed E-state index contributed by atoms with van der Waals surface area (Å²) in [6.45, 7) is 4.27. The number of nitrogens with one attached hydrogen (secondary N) is 1. The first-order valence-electron chi connectivity index (χ1n) is 9.41. The number of aliphatic imine (C=N–C) groups is 1. The van der Waals surface area contributed by atoms with Crippen molar-refractivity contribution in [1.29, 1.82) is 0 Å². The maximum atomic E-state index is 12.4. The Labute approximate surface area is 166 Å². The summed E-state index contributed by atoms with van der Waals surface area (Å²) in [5, 5.41) is 2.87. The SMILES string of the molecule is COc1ccc(CCC2=N/C(=C\c3cc(C(C)C)ccc3OC)C(=O)N2)cc1. The number of hydrogen-bond acceptors (Lipinski definition) is 4. The second-order valence-electron chi connectivity index (χ2n) is 7.05. The number of nitrogens with zero attached hydrogens (tertiary/aromatic N) is 1. The van der Waals surface area contributed by atoms with Gasteiger partial charge in [0, 0.05) is 12.0 Å². The number of aryl methyl sites for hydroxylation is 1. The van der Waals surface area contributed by atoms with Crippen LogP contribution in [-0.4, -0.2) is 26.0 Å². The molecule has 0 bridgehead atoms. The highest BCUT2D eigenvalue weighted by atomic mass is 16.5. The van der Waals surface area contributed by atoms with Crippen molar-refractivity contribution in [3.05, 3.63) is 64.9 Å². The van der Waals surface area contributed by atoms with Crippen molar-refractivity contribution >= 4 is 17.8 Å². The molecule has 0 spiro atoms. The van der Waals surface area contributed by atoms with Gasteiger partial charge in [0.1, 0.15) is 23.0 Å². The monoisotopic (exact) mass is 378 g/mol. The van der Waals surface area contributed by atoms with Crippen molar-refractivity contribution < 1.29 is 14.3 Å². The quantitative estimate of drug-likeness (QED) is 0.730. The number of amides is 1. The van der Waals surface area contributed by atoms with Gasteiger partial charge in [-0.05, 0) is 53.8 Å². The number of amidine groups is 1. The largest absolute Gasteiger partial charge is 0.497 e. The van der Waals surface area contributed by atoms with Gasteiger partial charge in [0.15, 0.2) is 0 Å². The number of rotatable bonds is 7. The molecule has 0 aliphatic carbocycles. The lowest BCUT2D eigenvalue weighted by Gasteiger charge is -2.10. The molecule has 0 aromatic heterocycles. The van der Waals surface area contributed by atoms with Crippen LogP contribution >= 0.6 is 0 Å². The fraction of sp³-hybridized carbons (Fsp3) is 0.304. The summed E-state index contributed by atoms with van der Waals surface area (Å²) in [6, 6.07) is 13.9. The Morgan fingerprint density at radius 1 is 1.04 bits per heavy atom. The van der Waals surface area contributed by atoms with E-state index in [2.05, 4.69) is 30.2 Å². The van der Waals surface area contributed by atoms with E-state index in [4.69, 9.17) is 9.47 Å². The third-order valence-electron chi connectivity index (χ3n) is 4.77. The van der Waals surface area contributed by atoms with E-state index in [1.165, 1.54) is 11.1 Å². The third-order valence-corrected chi connectivity index (χ3v) is 4.77. The number of carbonyl (C=O) groups is 1. The van der Waals surface area contributed by atoms with Gasteiger partial charge >= 0.3 is 0 Å². The van der Waals surface area contributed by atoms with Crippen molar-refractivity contribution in [3.63, 3.8) is 0 Å². The van der Waals surface area contributed by atoms with Crippen LogP contribution in [0.2, 0.25) is 0 Å². The van der Waals surface area contributed by atoms with Gasteiger partial charge in [-0.2, -0.15) is 0 Å². The van der Waals surface area contributed by atoms with Crippen molar-refractivity contribution in [2.45, 2.75) is 32.6 Å². The molecule has 3 rings (SSSR count). The Kier molecular flexibility index (Phi) is 6.14. The number of benzene rings is 2. The maximum absolute atomic E-state index is 12.4. The van der Waals surface area contributed by atoms with Crippen LogP contribution in [0.15, 0.2) is 53.2 Å². The summed E-state index contributed by atoms with van der Waals surface area (Å²) in [7, 11) is 3.28. The minimum atomic E-state index is -0.179. The average Bonchev–Trinajstić information content (AvgIpc) is 3.06. The summed E-state index contributed by atoms with van der Waals surface area (Å²) >= 11 is 0. The van der Waals surface area contributed by atoms with E-state index in [0.29, 0.717) is 23.9 Å². The summed E-state index contributed by atoms with van der Waals surface area (Å²) in [5.41, 5.74) is 3.62. The molecular formula is C23H26N2O3. The van der Waals surface area contributed by atoms with Crippen molar-refractivity contribution in [2.24, 2.45) is 4.99 Å². The standard InChI is InChI=1S/C23H26N2O3/c1-15(2)17-8-11-21(28-4)18(13-17)14-20-23(26)25-22(24-20)12-7-16-5-9-19(27-3)10-6-16/h5-6,8-11,13-15H,7,12H2,1-4H3,(H,24,25,26)/b20-14-. The number of hydrogen-bond donors (Lipinski definition) is 1. The van der Waals surface area contributed by atoms with Gasteiger partial charge in [0.2, 0.25) is 0 Å². The van der Waals surface area contributed by atoms with Gasteiger partial charge in [-0.15, -0.1) is 0 Å². The first-order valence-corrected chi connectivity index (χ1v) is 9.41. The summed E-state index contributed by atoms with van der Waals surface area (Å²) < 4.78 is 10.6. The second-order valence-corrected chi connectivity index (χ2v) is 7.05. The van der Waals surface area contributed by atoms with Gasteiger partial charge < -0.3 is 14.8 Å². The zero-order chi connectivity index (χ0) is 20.1. The highest BCUT2D eigenvalue weighted by Crippen LogP contribution is 2.27. The molecule has 1 aliphatic heterocycles. The number of carbonyl (C=O) groups excluding carboxylic acids is 1. The topological polar surface area (TPSA) is 59.9 Å². The van der Waals surface area contributed by atoms with Crippen LogP contribution in [0.5, 0.6) is 11.5 Å². The first-order chi connectivity index (χ1) is 13.5. The van der Waals surface area contributed by atoms with Crippen LogP contribution in [0.25, 0.3) is 6.08 Å². The molecule has 1 N–H and O–H groups in total. The minimum absolute atomic E-state index is 0.179. The molecule has 1 aliphatic rings. The second kappa shape index (κ2) is 8.74. The van der Waals surface area contributed by atoms with E-state index in [9.17, 15) is 4.79 Å². The van der Waals surface area contributed by atoms with Gasteiger partial charge in [-0.3, -0.25) is 4.79 Å². The van der Waals surface area contributed by atoms with Crippen LogP contribution < -0.4 is 14.8 Å². The Morgan fingerprint density at radius 2 is 1.79 bits per heavy atom. The molecule has 0 saturated heterocycles. The molecule has 0 radical (unpaired) electrons. The Balaban J connectivity index is 1.76. The zero-order valence-electron chi connectivity index (χ0n) is 16.8. The maximum Gasteiger partial charge on any atom is 0.275 e. The van der Waals surface area contributed by atoms with E-state index >= 15 is 0 Å². The molecule has 1 amide bonds. The molecular weight excluding hydrogens is 352 g/mol. The van der Waals surface area contributed by atoms with E-state index in [1.54, 1.807) is 20.3 Å². The fourth-order valence-electron chi connectivity index (χ4n) is 3.06. The molecule has 5 nitrogen and oxygen atoms in total. The lowest BCUT2D eigenvalue weighted by Crippen LogP contribution is -2.24. The fourth-order valence-corrected chi connectivity index (χ4v) is 3.06. The van der Waals surface area contributed by atoms with Gasteiger partial charge in [-0.1, -0.05) is 32.0 Å². The molecule has 2 aromatic rings. The molecule has 0 unspecified atom stereocenters. The molecule has 28 heavy (non-hydrogen) atoms. The van der Waals surface area contributed by atoms with Crippen LogP contribution in [0.1, 0.15) is 42.9 Å². The highest BCUT2D eigenvalue weighted by Gasteiger charge is 2.20. The predicted octanol–water partition coefficient (Wildman–Crippen LogP) is 4.33. The van der Waals surface area contributed by atoms with Crippen molar-refractivity contribution in [1.82, 2.24) is 5.32 Å². The van der Waals surface area contributed by atoms with E-state index in [1.807, 2.05) is 36.4 Å². The van der Waals surface area contributed by atoms with Gasteiger partial charge in [0.05, 0.1) is 14.2 Å². The first kappa shape index (κ1) is 19.7. The summed E-state index contributed by atoms with van der Waals surface area (Å²) in [5.74, 6) is 2.46. The lowest BCUT2D eigenvalue weighted by molar-refractivity contribution is -0.115. The Hall–Kier alpha value is -3.08. The third kappa shape index (κ3) is 4.60. The molecule has 0 fully saturated rings. The number of ether oxygens (including phenoxy) is 2. The lowest BCUT2D eigenvalue weighted by atomic mass is 10.00. The Morgan fingerprint density at radius 3 is 2.43 bits per heavy atom. The van der Waals surface area contributed by atoms with Crippen molar-refractivity contribution in [2.75, 3.05) is 14.2 Å². The highest BCUT2D eigenvalue weighted by molar-refractivity contribution is 6.14. The summed E-state index contributed by atoms with van der Waals surface area (Å²) in [6.07, 6.45) is 3.25. The summed E-state index contributed by atoms with van der Waals surface area (Å²) in [4.78, 5) is 16.9. The van der Waals surface area contributed by atoms with E-state index in [0.717, 1.165) is 23.5 Å². The van der Waals surface area contributed by atoms with E-state index in [-0.39, 0.29) is 5.91 Å². The van der Waals surface area contributed by atoms with Gasteiger partial charge in [0.25, 0.3) is 5.91 Å². The molecule has 146 valence electrons. The van der Waals surface area contributed by atoms with Crippen LogP contribution in [0.4, 0.5) is 0 Å². The Bertz CT molecular complexity index is 912. The zero-order valence-corrected chi connectivity index (χ0v) is 16.8. The van der Waals surface area contributed by atoms with Gasteiger partial charge in [-0.25, -0.2) is 4.99 Å². The molecule has 2 aromatic carbocycles. The van der Waals surface area contributed by atoms with Crippen LogP contribution in [0.3, 0.4) is 0 Å². The normalized spacial score (nSPS) is 15.0. The molecule has 5 heteroatoms.